The molecule has 0 aliphatic carbocycles. The molecule has 19 heavy (non-hydrogen) atoms. The fraction of sp³-hybridized carbons (Fsp3) is 0.647. The second kappa shape index (κ2) is 5.96. The van der Waals surface area contributed by atoms with Gasteiger partial charge in [-0.15, -0.1) is 0 Å². The molecule has 0 saturated heterocycles. The summed E-state index contributed by atoms with van der Waals surface area (Å²) in [5.74, 6) is 1.24. The van der Waals surface area contributed by atoms with Crippen molar-refractivity contribution in [2.75, 3.05) is 0 Å². The highest BCUT2D eigenvalue weighted by molar-refractivity contribution is 5.35. The van der Waals surface area contributed by atoms with Crippen LogP contribution in [-0.2, 0) is 4.89 Å². The lowest BCUT2D eigenvalue weighted by Gasteiger charge is -2.39. The van der Waals surface area contributed by atoms with E-state index in [4.69, 9.17) is 9.78 Å². The van der Waals surface area contributed by atoms with Crippen molar-refractivity contribution in [1.29, 1.82) is 0 Å². The van der Waals surface area contributed by atoms with Crippen molar-refractivity contribution in [3.05, 3.63) is 29.8 Å². The highest BCUT2D eigenvalue weighted by atomic mass is 17.2. The first kappa shape index (κ1) is 16.0. The van der Waals surface area contributed by atoms with Crippen LogP contribution in [0.25, 0.3) is 0 Å². The lowest BCUT2D eigenvalue weighted by Crippen LogP contribution is -2.42. The molecular formula is C17H28O2. The normalized spacial score (nSPS) is 12.8. The molecule has 0 radical (unpaired) electrons. The average Bonchev–Trinajstić information content (AvgIpc) is 2.36. The van der Waals surface area contributed by atoms with Crippen LogP contribution in [0.5, 0.6) is 5.75 Å². The van der Waals surface area contributed by atoms with Crippen LogP contribution in [0, 0.1) is 5.41 Å². The molecule has 1 rings (SSSR count). The van der Waals surface area contributed by atoms with Crippen molar-refractivity contribution in [2.45, 2.75) is 66.4 Å². The summed E-state index contributed by atoms with van der Waals surface area (Å²) < 4.78 is 0. The Bertz CT molecular complexity index is 405. The molecule has 2 heteroatoms. The van der Waals surface area contributed by atoms with Gasteiger partial charge in [-0.25, -0.2) is 0 Å². The van der Waals surface area contributed by atoms with Crippen LogP contribution >= 0.6 is 0 Å². The Morgan fingerprint density at radius 2 is 1.63 bits per heavy atom. The molecule has 0 aromatic heterocycles. The average molecular weight is 264 g/mol. The topological polar surface area (TPSA) is 18.5 Å². The van der Waals surface area contributed by atoms with Crippen molar-refractivity contribution in [3.8, 4) is 5.75 Å². The summed E-state index contributed by atoms with van der Waals surface area (Å²) in [5.41, 5.74) is 0.888. The Labute approximate surface area is 118 Å². The zero-order valence-electron chi connectivity index (χ0n) is 13.4. The first-order valence-electron chi connectivity index (χ1n) is 7.16. The number of hydrogen-bond donors (Lipinski definition) is 0. The Morgan fingerprint density at radius 1 is 1.05 bits per heavy atom. The Kier molecular flexibility index (Phi) is 5.03. The third-order valence-corrected chi connectivity index (χ3v) is 4.39. The van der Waals surface area contributed by atoms with E-state index in [1.165, 1.54) is 5.56 Å². The predicted molar refractivity (Wildman–Crippen MR) is 80.4 cm³/mol. The van der Waals surface area contributed by atoms with Crippen molar-refractivity contribution in [2.24, 2.45) is 5.41 Å². The SMILES string of the molecule is CCC(C)(C)C(C)(C)OOc1ccccc1C(C)C. The van der Waals surface area contributed by atoms with Gasteiger partial charge in [0.05, 0.1) is 0 Å². The maximum Gasteiger partial charge on any atom is 0.168 e. The quantitative estimate of drug-likeness (QED) is 0.510. The largest absolute Gasteiger partial charge is 0.337 e. The van der Waals surface area contributed by atoms with Crippen LogP contribution in [0.4, 0.5) is 0 Å². The molecule has 0 atom stereocenters. The summed E-state index contributed by atoms with van der Waals surface area (Å²) in [6, 6.07) is 8.05. The van der Waals surface area contributed by atoms with E-state index in [0.29, 0.717) is 5.92 Å². The maximum absolute atomic E-state index is 5.76. The Hall–Kier alpha value is -1.02. The summed E-state index contributed by atoms with van der Waals surface area (Å²) in [6.45, 7) is 15.0. The van der Waals surface area contributed by atoms with Crippen molar-refractivity contribution in [1.82, 2.24) is 0 Å². The highest BCUT2D eigenvalue weighted by Gasteiger charge is 2.38. The number of hydrogen-bond acceptors (Lipinski definition) is 2. The summed E-state index contributed by atoms with van der Waals surface area (Å²) in [6.07, 6.45) is 1.04. The van der Waals surface area contributed by atoms with Gasteiger partial charge in [-0.05, 0) is 37.7 Å². The first-order valence-corrected chi connectivity index (χ1v) is 7.16. The molecule has 0 unspecified atom stereocenters. The minimum absolute atomic E-state index is 0.0553. The zero-order valence-corrected chi connectivity index (χ0v) is 13.4. The molecule has 0 bridgehead atoms. The highest BCUT2D eigenvalue weighted by Crippen LogP contribution is 2.37. The van der Waals surface area contributed by atoms with Gasteiger partial charge in [0.25, 0.3) is 0 Å². The Balaban J connectivity index is 2.83. The van der Waals surface area contributed by atoms with Gasteiger partial charge in [0, 0.05) is 5.56 Å². The van der Waals surface area contributed by atoms with E-state index in [2.05, 4.69) is 54.5 Å². The second-order valence-corrected chi connectivity index (χ2v) is 6.61. The molecule has 108 valence electrons. The smallest absolute Gasteiger partial charge is 0.168 e. The lowest BCUT2D eigenvalue weighted by molar-refractivity contribution is -0.311. The van der Waals surface area contributed by atoms with Gasteiger partial charge in [-0.1, -0.05) is 52.8 Å². The van der Waals surface area contributed by atoms with Crippen LogP contribution in [0.2, 0.25) is 0 Å². The van der Waals surface area contributed by atoms with Gasteiger partial charge in [0.1, 0.15) is 5.60 Å². The van der Waals surface area contributed by atoms with E-state index in [1.807, 2.05) is 18.2 Å². The van der Waals surface area contributed by atoms with Crippen LogP contribution < -0.4 is 4.89 Å². The fourth-order valence-corrected chi connectivity index (χ4v) is 1.72. The predicted octanol–water partition coefficient (Wildman–Crippen LogP) is 5.34. The number of benzene rings is 1. The standard InChI is InChI=1S/C17H28O2/c1-8-16(4,5)17(6,7)19-18-15-12-10-9-11-14(15)13(2)3/h9-13H,8H2,1-7H3. The maximum atomic E-state index is 5.76. The van der Waals surface area contributed by atoms with Crippen LogP contribution in [-0.4, -0.2) is 5.60 Å². The molecule has 0 fully saturated rings. The molecule has 0 heterocycles. The first-order chi connectivity index (χ1) is 8.71. The van der Waals surface area contributed by atoms with Gasteiger partial charge in [-0.3, -0.25) is 0 Å². The van der Waals surface area contributed by atoms with Crippen molar-refractivity contribution < 1.29 is 9.78 Å². The molecule has 0 saturated carbocycles. The van der Waals surface area contributed by atoms with E-state index in [1.54, 1.807) is 0 Å². The van der Waals surface area contributed by atoms with Gasteiger partial charge >= 0.3 is 0 Å². The molecule has 1 aromatic carbocycles. The van der Waals surface area contributed by atoms with E-state index >= 15 is 0 Å². The minimum Gasteiger partial charge on any atom is -0.337 e. The molecule has 0 spiro atoms. The van der Waals surface area contributed by atoms with Gasteiger partial charge in [0.15, 0.2) is 5.75 Å². The van der Waals surface area contributed by atoms with E-state index in [9.17, 15) is 0 Å². The third-order valence-electron chi connectivity index (χ3n) is 4.39. The molecule has 0 aliphatic heterocycles. The van der Waals surface area contributed by atoms with Crippen LogP contribution in [0.3, 0.4) is 0 Å². The van der Waals surface area contributed by atoms with Gasteiger partial charge in [-0.2, -0.15) is 4.89 Å². The number of rotatable bonds is 6. The summed E-state index contributed by atoms with van der Waals surface area (Å²) in [5, 5.41) is 0. The molecule has 0 aliphatic rings. The zero-order chi connectivity index (χ0) is 14.7. The summed E-state index contributed by atoms with van der Waals surface area (Å²) >= 11 is 0. The van der Waals surface area contributed by atoms with Crippen LogP contribution in [0.1, 0.15) is 66.4 Å². The van der Waals surface area contributed by atoms with E-state index in [0.717, 1.165) is 12.2 Å². The third kappa shape index (κ3) is 3.73. The van der Waals surface area contributed by atoms with Crippen LogP contribution in [0.15, 0.2) is 24.3 Å². The molecular weight excluding hydrogens is 236 g/mol. The molecule has 1 aromatic rings. The van der Waals surface area contributed by atoms with Crippen molar-refractivity contribution >= 4 is 0 Å². The minimum atomic E-state index is -0.341. The number of para-hydroxylation sites is 1. The molecule has 0 N–H and O–H groups in total. The Morgan fingerprint density at radius 3 is 2.16 bits per heavy atom. The van der Waals surface area contributed by atoms with E-state index in [-0.39, 0.29) is 11.0 Å². The monoisotopic (exact) mass is 264 g/mol. The molecule has 0 amide bonds. The molecule has 2 nitrogen and oxygen atoms in total. The van der Waals surface area contributed by atoms with Crippen molar-refractivity contribution in [3.63, 3.8) is 0 Å². The lowest BCUT2D eigenvalue weighted by atomic mass is 9.75. The van der Waals surface area contributed by atoms with E-state index < -0.39 is 0 Å². The summed E-state index contributed by atoms with van der Waals surface area (Å²) in [4.78, 5) is 11.4. The fourth-order valence-electron chi connectivity index (χ4n) is 1.72. The summed E-state index contributed by atoms with van der Waals surface area (Å²) in [7, 11) is 0. The second-order valence-electron chi connectivity index (χ2n) is 6.61. The van der Waals surface area contributed by atoms with Gasteiger partial charge in [0.2, 0.25) is 0 Å². The van der Waals surface area contributed by atoms with Gasteiger partial charge < -0.3 is 4.89 Å².